The van der Waals surface area contributed by atoms with E-state index in [1.807, 2.05) is 0 Å². The van der Waals surface area contributed by atoms with Gasteiger partial charge >= 0.3 is 0 Å². The first-order valence-electron chi connectivity index (χ1n) is 11.0. The van der Waals surface area contributed by atoms with Crippen molar-refractivity contribution in [3.05, 3.63) is 59.3 Å². The molecule has 0 aliphatic heterocycles. The summed E-state index contributed by atoms with van der Waals surface area (Å²) in [6.07, 6.45) is 8.35. The molecule has 0 fully saturated rings. The molecule has 34 heavy (non-hydrogen) atoms. The minimum atomic E-state index is -0.407. The van der Waals surface area contributed by atoms with Crippen LogP contribution >= 0.6 is 15.9 Å². The molecule has 0 spiro atoms. The first-order chi connectivity index (χ1) is 16.4. The standard InChI is InChI=1S/C19H20BrFN6O2.C5H12/c1-28-17-9-13-16(10-18(17)29-7-6-27(23)5-4-22)24-11-25-19(13)26-15-3-2-12(20)8-14(15)21;1-3-5-4-2/h2-5,8-11H,6-7,22-23H2,1H3,(H,24,25,26);3-5H2,1-2H3/b5-4-;. The van der Waals surface area contributed by atoms with Crippen molar-refractivity contribution in [2.24, 2.45) is 11.6 Å². The molecular weight excluding hydrogens is 503 g/mol. The Labute approximate surface area is 208 Å². The highest BCUT2D eigenvalue weighted by Gasteiger charge is 2.13. The van der Waals surface area contributed by atoms with Crippen molar-refractivity contribution in [1.29, 1.82) is 0 Å². The van der Waals surface area contributed by atoms with Crippen LogP contribution in [0.15, 0.2) is 53.5 Å². The van der Waals surface area contributed by atoms with E-state index in [1.165, 1.54) is 56.2 Å². The minimum absolute atomic E-state index is 0.295. The molecule has 3 aromatic rings. The number of fused-ring (bicyclic) bond motifs is 1. The molecule has 1 aromatic heterocycles. The van der Waals surface area contributed by atoms with Crippen molar-refractivity contribution in [1.82, 2.24) is 15.0 Å². The number of rotatable bonds is 10. The third-order valence-corrected chi connectivity index (χ3v) is 5.19. The van der Waals surface area contributed by atoms with Gasteiger partial charge in [0.15, 0.2) is 11.5 Å². The fourth-order valence-corrected chi connectivity index (χ4v) is 3.29. The van der Waals surface area contributed by atoms with Crippen LogP contribution in [-0.4, -0.2) is 35.2 Å². The maximum atomic E-state index is 14.2. The summed E-state index contributed by atoms with van der Waals surface area (Å²) in [6, 6.07) is 8.21. The highest BCUT2D eigenvalue weighted by Crippen LogP contribution is 2.35. The molecule has 0 saturated carbocycles. The van der Waals surface area contributed by atoms with Gasteiger partial charge < -0.3 is 25.5 Å². The van der Waals surface area contributed by atoms with Crippen LogP contribution < -0.4 is 26.4 Å². The second kappa shape index (κ2) is 14.2. The molecule has 8 nitrogen and oxygen atoms in total. The lowest BCUT2D eigenvalue weighted by Crippen LogP contribution is -2.30. The highest BCUT2D eigenvalue weighted by molar-refractivity contribution is 9.10. The highest BCUT2D eigenvalue weighted by atomic mass is 79.9. The van der Waals surface area contributed by atoms with Crippen LogP contribution in [0.5, 0.6) is 11.5 Å². The number of nitrogens with two attached hydrogens (primary N) is 2. The molecule has 5 N–H and O–H groups in total. The lowest BCUT2D eigenvalue weighted by Gasteiger charge is -2.16. The molecule has 0 atom stereocenters. The van der Waals surface area contributed by atoms with Gasteiger partial charge in [-0.2, -0.15) is 0 Å². The lowest BCUT2D eigenvalue weighted by molar-refractivity contribution is 0.247. The van der Waals surface area contributed by atoms with Gasteiger partial charge in [-0.05, 0) is 24.3 Å². The molecule has 184 valence electrons. The molecular formula is C24H32BrFN6O2. The maximum absolute atomic E-state index is 14.2. The fraction of sp³-hybridized carbons (Fsp3) is 0.333. The Balaban J connectivity index is 0.000000739. The van der Waals surface area contributed by atoms with Crippen LogP contribution in [0.4, 0.5) is 15.9 Å². The van der Waals surface area contributed by atoms with E-state index >= 15 is 0 Å². The molecule has 10 heteroatoms. The SMILES string of the molecule is CCCCC.COc1cc2c(Nc3ccc(Br)cc3F)ncnc2cc1OCCN(N)/C=C\N. The second-order valence-corrected chi connectivity index (χ2v) is 8.19. The first-order valence-corrected chi connectivity index (χ1v) is 11.8. The van der Waals surface area contributed by atoms with Gasteiger partial charge in [0.2, 0.25) is 0 Å². The Kier molecular flexibility index (Phi) is 11.3. The average molecular weight is 535 g/mol. The van der Waals surface area contributed by atoms with Gasteiger partial charge in [-0.3, -0.25) is 0 Å². The quantitative estimate of drug-likeness (QED) is 0.232. The van der Waals surface area contributed by atoms with Gasteiger partial charge in [0.25, 0.3) is 0 Å². The average Bonchev–Trinajstić information content (AvgIpc) is 2.81. The van der Waals surface area contributed by atoms with E-state index in [9.17, 15) is 4.39 Å². The van der Waals surface area contributed by atoms with Crippen LogP contribution in [-0.2, 0) is 0 Å². The molecule has 0 aliphatic carbocycles. The molecule has 0 saturated heterocycles. The van der Waals surface area contributed by atoms with Gasteiger partial charge in [0.05, 0.1) is 24.9 Å². The van der Waals surface area contributed by atoms with Crippen LogP contribution in [0.1, 0.15) is 33.1 Å². The molecule has 0 radical (unpaired) electrons. The number of nitrogens with one attached hydrogen (secondary N) is 1. The van der Waals surface area contributed by atoms with Gasteiger partial charge in [0.1, 0.15) is 24.6 Å². The number of nitrogens with zero attached hydrogens (tertiary/aromatic N) is 3. The van der Waals surface area contributed by atoms with Gasteiger partial charge in [-0.1, -0.05) is 49.0 Å². The summed E-state index contributed by atoms with van der Waals surface area (Å²) in [4.78, 5) is 8.51. The minimum Gasteiger partial charge on any atom is -0.493 e. The van der Waals surface area contributed by atoms with E-state index in [4.69, 9.17) is 21.1 Å². The Hall–Kier alpha value is -3.11. The number of aromatic nitrogens is 2. The number of benzene rings is 2. The van der Waals surface area contributed by atoms with E-state index in [1.54, 1.807) is 24.3 Å². The van der Waals surface area contributed by atoms with Crippen molar-refractivity contribution in [2.75, 3.05) is 25.6 Å². The van der Waals surface area contributed by atoms with Crippen LogP contribution in [0.2, 0.25) is 0 Å². The molecule has 0 bridgehead atoms. The number of hydrogen-bond donors (Lipinski definition) is 3. The Morgan fingerprint density at radius 1 is 1.15 bits per heavy atom. The predicted octanol–water partition coefficient (Wildman–Crippen LogP) is 5.46. The van der Waals surface area contributed by atoms with Gasteiger partial charge in [-0.25, -0.2) is 20.2 Å². The molecule has 3 rings (SSSR count). The summed E-state index contributed by atoms with van der Waals surface area (Å²) in [5.41, 5.74) is 6.21. The first kappa shape index (κ1) is 27.1. The zero-order chi connectivity index (χ0) is 24.9. The molecule has 2 aromatic carbocycles. The van der Waals surface area contributed by atoms with Crippen molar-refractivity contribution < 1.29 is 13.9 Å². The van der Waals surface area contributed by atoms with E-state index in [-0.39, 0.29) is 0 Å². The molecule has 1 heterocycles. The zero-order valence-electron chi connectivity index (χ0n) is 19.7. The fourth-order valence-electron chi connectivity index (χ4n) is 2.95. The number of anilines is 2. The Bertz CT molecular complexity index is 1080. The second-order valence-electron chi connectivity index (χ2n) is 7.27. The summed E-state index contributed by atoms with van der Waals surface area (Å²) >= 11 is 3.24. The van der Waals surface area contributed by atoms with Crippen molar-refractivity contribution in [3.63, 3.8) is 0 Å². The summed E-state index contributed by atoms with van der Waals surface area (Å²) < 4.78 is 26.1. The van der Waals surface area contributed by atoms with E-state index in [0.29, 0.717) is 51.5 Å². The van der Waals surface area contributed by atoms with Crippen LogP contribution in [0.25, 0.3) is 10.9 Å². The zero-order valence-corrected chi connectivity index (χ0v) is 21.3. The molecule has 0 unspecified atom stereocenters. The van der Waals surface area contributed by atoms with Crippen molar-refractivity contribution in [3.8, 4) is 11.5 Å². The Morgan fingerprint density at radius 2 is 1.91 bits per heavy atom. The molecule has 0 amide bonds. The summed E-state index contributed by atoms with van der Waals surface area (Å²) in [7, 11) is 1.53. The lowest BCUT2D eigenvalue weighted by atomic mass is 10.2. The number of hydrazine groups is 1. The number of ether oxygens (including phenoxy) is 2. The molecule has 0 aliphatic rings. The largest absolute Gasteiger partial charge is 0.493 e. The van der Waals surface area contributed by atoms with E-state index in [0.717, 1.165) is 0 Å². The summed E-state index contributed by atoms with van der Waals surface area (Å²) in [6.45, 7) is 5.16. The van der Waals surface area contributed by atoms with Gasteiger partial charge in [0, 0.05) is 28.3 Å². The number of hydrogen-bond acceptors (Lipinski definition) is 8. The summed E-state index contributed by atoms with van der Waals surface area (Å²) in [5.74, 6) is 6.75. The van der Waals surface area contributed by atoms with E-state index in [2.05, 4.69) is 45.1 Å². The predicted molar refractivity (Wildman–Crippen MR) is 138 cm³/mol. The monoisotopic (exact) mass is 534 g/mol. The van der Waals surface area contributed by atoms with Gasteiger partial charge in [-0.15, -0.1) is 0 Å². The van der Waals surface area contributed by atoms with Crippen molar-refractivity contribution in [2.45, 2.75) is 33.1 Å². The summed E-state index contributed by atoms with van der Waals surface area (Å²) in [5, 5.41) is 5.06. The normalized spacial score (nSPS) is 10.6. The topological polar surface area (TPSA) is 112 Å². The maximum Gasteiger partial charge on any atom is 0.163 e. The number of methoxy groups -OCH3 is 1. The number of unbranched alkanes of at least 4 members (excludes halogenated alkanes) is 2. The smallest absolute Gasteiger partial charge is 0.163 e. The Morgan fingerprint density at radius 3 is 2.53 bits per heavy atom. The third-order valence-electron chi connectivity index (χ3n) is 4.70. The van der Waals surface area contributed by atoms with Crippen molar-refractivity contribution >= 4 is 38.3 Å². The van der Waals surface area contributed by atoms with E-state index < -0.39 is 5.82 Å². The van der Waals surface area contributed by atoms with Crippen LogP contribution in [0, 0.1) is 5.82 Å². The number of halogens is 2. The third kappa shape index (κ3) is 8.03. The van der Waals surface area contributed by atoms with Crippen LogP contribution in [0.3, 0.4) is 0 Å².